The first kappa shape index (κ1) is 15.7. The summed E-state index contributed by atoms with van der Waals surface area (Å²) < 4.78 is 0. The van der Waals surface area contributed by atoms with Gasteiger partial charge in [-0.05, 0) is 18.8 Å². The van der Waals surface area contributed by atoms with Crippen LogP contribution in [0.4, 0.5) is 0 Å². The van der Waals surface area contributed by atoms with E-state index in [1.807, 2.05) is 20.8 Å². The summed E-state index contributed by atoms with van der Waals surface area (Å²) in [5.74, 6) is -0.198. The molecular formula is C12H25N3O2. The van der Waals surface area contributed by atoms with Crippen LogP contribution in [0.1, 0.15) is 34.6 Å². The first-order valence-electron chi connectivity index (χ1n) is 6.11. The van der Waals surface area contributed by atoms with Gasteiger partial charge in [0.2, 0.25) is 5.91 Å². The quantitative estimate of drug-likeness (QED) is 0.321. The van der Waals surface area contributed by atoms with Gasteiger partial charge in [-0.25, -0.2) is 0 Å². The van der Waals surface area contributed by atoms with Crippen molar-refractivity contribution in [3.8, 4) is 0 Å². The number of carbonyl (C=O) groups is 1. The molecule has 1 atom stereocenters. The minimum absolute atomic E-state index is 0.00722. The number of amides is 1. The zero-order chi connectivity index (χ0) is 13.6. The molecule has 1 unspecified atom stereocenters. The van der Waals surface area contributed by atoms with Gasteiger partial charge < -0.3 is 15.8 Å². The fourth-order valence-electron chi connectivity index (χ4n) is 1.83. The number of nitrogens with zero attached hydrogens (tertiary/aromatic N) is 2. The molecule has 0 aromatic heterocycles. The molecule has 0 aromatic carbocycles. The topological polar surface area (TPSA) is 78.9 Å². The molecule has 0 rings (SSSR count). The fraction of sp³-hybridized carbons (Fsp3) is 0.833. The average Bonchev–Trinajstić information content (AvgIpc) is 2.24. The van der Waals surface area contributed by atoms with E-state index in [0.717, 1.165) is 0 Å². The first-order chi connectivity index (χ1) is 7.84. The average molecular weight is 243 g/mol. The second kappa shape index (κ2) is 7.14. The molecule has 0 aliphatic carbocycles. The van der Waals surface area contributed by atoms with E-state index in [2.05, 4.69) is 19.0 Å². The van der Waals surface area contributed by atoms with Crippen molar-refractivity contribution in [2.24, 2.45) is 28.6 Å². The third kappa shape index (κ3) is 4.63. The summed E-state index contributed by atoms with van der Waals surface area (Å²) in [7, 11) is 0. The molecule has 0 bridgehead atoms. The van der Waals surface area contributed by atoms with Crippen molar-refractivity contribution in [1.82, 2.24) is 4.90 Å². The SMILES string of the molecule is CCN(CC(C)C)C(=O)C(C(N)=NO)C(C)C. The maximum atomic E-state index is 12.3. The Bertz CT molecular complexity index is 275. The second-order valence-electron chi connectivity index (χ2n) is 5.02. The predicted octanol–water partition coefficient (Wildman–Crippen LogP) is 1.51. The number of hydrogen-bond donors (Lipinski definition) is 2. The Morgan fingerprint density at radius 1 is 1.35 bits per heavy atom. The van der Waals surface area contributed by atoms with E-state index in [4.69, 9.17) is 10.9 Å². The van der Waals surface area contributed by atoms with Crippen molar-refractivity contribution >= 4 is 11.7 Å². The molecule has 0 heterocycles. The van der Waals surface area contributed by atoms with Crippen LogP contribution in [0, 0.1) is 17.8 Å². The van der Waals surface area contributed by atoms with Gasteiger partial charge in [-0.15, -0.1) is 0 Å². The van der Waals surface area contributed by atoms with Crippen molar-refractivity contribution in [3.05, 3.63) is 0 Å². The van der Waals surface area contributed by atoms with Gasteiger partial charge in [-0.1, -0.05) is 32.9 Å². The van der Waals surface area contributed by atoms with Crippen molar-refractivity contribution in [2.45, 2.75) is 34.6 Å². The Balaban J connectivity index is 4.93. The van der Waals surface area contributed by atoms with E-state index in [1.165, 1.54) is 0 Å². The largest absolute Gasteiger partial charge is 0.409 e. The molecule has 0 aromatic rings. The van der Waals surface area contributed by atoms with E-state index in [9.17, 15) is 4.79 Å². The smallest absolute Gasteiger partial charge is 0.233 e. The summed E-state index contributed by atoms with van der Waals surface area (Å²) in [5, 5.41) is 11.7. The van der Waals surface area contributed by atoms with E-state index in [1.54, 1.807) is 4.90 Å². The molecule has 5 nitrogen and oxygen atoms in total. The number of carbonyl (C=O) groups excluding carboxylic acids is 1. The summed E-state index contributed by atoms with van der Waals surface area (Å²) in [6, 6.07) is 0. The summed E-state index contributed by atoms with van der Waals surface area (Å²) in [4.78, 5) is 14.1. The van der Waals surface area contributed by atoms with Crippen LogP contribution in [0.15, 0.2) is 5.16 Å². The van der Waals surface area contributed by atoms with E-state index < -0.39 is 5.92 Å². The maximum absolute atomic E-state index is 12.3. The summed E-state index contributed by atoms with van der Waals surface area (Å²) in [5.41, 5.74) is 5.59. The van der Waals surface area contributed by atoms with Gasteiger partial charge in [0.25, 0.3) is 0 Å². The highest BCUT2D eigenvalue weighted by atomic mass is 16.4. The standard InChI is InChI=1S/C12H25N3O2/c1-6-15(7-8(2)3)12(16)10(9(4)5)11(13)14-17/h8-10,17H,6-7H2,1-5H3,(H2,13,14). The maximum Gasteiger partial charge on any atom is 0.233 e. The molecule has 0 fully saturated rings. The normalized spacial score (nSPS) is 14.2. The van der Waals surface area contributed by atoms with Gasteiger partial charge in [0.1, 0.15) is 5.92 Å². The van der Waals surface area contributed by atoms with Crippen LogP contribution in [0.25, 0.3) is 0 Å². The molecule has 100 valence electrons. The third-order valence-electron chi connectivity index (χ3n) is 2.65. The van der Waals surface area contributed by atoms with Gasteiger partial charge in [-0.3, -0.25) is 4.79 Å². The van der Waals surface area contributed by atoms with Gasteiger partial charge in [0.15, 0.2) is 5.84 Å². The number of amidine groups is 1. The van der Waals surface area contributed by atoms with Crippen molar-refractivity contribution in [2.75, 3.05) is 13.1 Å². The lowest BCUT2D eigenvalue weighted by atomic mass is 9.93. The third-order valence-corrected chi connectivity index (χ3v) is 2.65. The van der Waals surface area contributed by atoms with E-state index in [-0.39, 0.29) is 17.7 Å². The highest BCUT2D eigenvalue weighted by Crippen LogP contribution is 2.15. The predicted molar refractivity (Wildman–Crippen MR) is 68.8 cm³/mol. The molecule has 0 aliphatic rings. The number of oxime groups is 1. The van der Waals surface area contributed by atoms with Gasteiger partial charge in [0, 0.05) is 13.1 Å². The van der Waals surface area contributed by atoms with E-state index in [0.29, 0.717) is 19.0 Å². The summed E-state index contributed by atoms with van der Waals surface area (Å²) in [6.45, 7) is 11.2. The lowest BCUT2D eigenvalue weighted by molar-refractivity contribution is -0.134. The zero-order valence-corrected chi connectivity index (χ0v) is 11.5. The van der Waals surface area contributed by atoms with Crippen LogP contribution in [0.2, 0.25) is 0 Å². The molecule has 0 aliphatic heterocycles. The van der Waals surface area contributed by atoms with Gasteiger partial charge in [-0.2, -0.15) is 0 Å². The Hall–Kier alpha value is -1.26. The van der Waals surface area contributed by atoms with Crippen LogP contribution in [-0.2, 0) is 4.79 Å². The highest BCUT2D eigenvalue weighted by Gasteiger charge is 2.30. The van der Waals surface area contributed by atoms with Gasteiger partial charge >= 0.3 is 0 Å². The molecule has 17 heavy (non-hydrogen) atoms. The molecule has 0 saturated heterocycles. The zero-order valence-electron chi connectivity index (χ0n) is 11.5. The molecule has 1 amide bonds. The van der Waals surface area contributed by atoms with Crippen molar-refractivity contribution < 1.29 is 10.0 Å². The van der Waals surface area contributed by atoms with Crippen molar-refractivity contribution in [3.63, 3.8) is 0 Å². The minimum Gasteiger partial charge on any atom is -0.409 e. The Morgan fingerprint density at radius 3 is 2.18 bits per heavy atom. The van der Waals surface area contributed by atoms with Crippen LogP contribution >= 0.6 is 0 Å². The summed E-state index contributed by atoms with van der Waals surface area (Å²) >= 11 is 0. The van der Waals surface area contributed by atoms with Crippen LogP contribution in [-0.4, -0.2) is 34.9 Å². The Morgan fingerprint density at radius 2 is 1.88 bits per heavy atom. The van der Waals surface area contributed by atoms with E-state index >= 15 is 0 Å². The molecule has 0 spiro atoms. The molecular weight excluding hydrogens is 218 g/mol. The Labute approximate surface area is 104 Å². The molecule has 3 N–H and O–H groups in total. The number of rotatable bonds is 6. The van der Waals surface area contributed by atoms with Gasteiger partial charge in [0.05, 0.1) is 0 Å². The lowest BCUT2D eigenvalue weighted by Gasteiger charge is -2.28. The number of hydrogen-bond acceptors (Lipinski definition) is 3. The highest BCUT2D eigenvalue weighted by molar-refractivity contribution is 6.02. The lowest BCUT2D eigenvalue weighted by Crippen LogP contribution is -2.45. The monoisotopic (exact) mass is 243 g/mol. The van der Waals surface area contributed by atoms with Crippen LogP contribution in [0.5, 0.6) is 0 Å². The van der Waals surface area contributed by atoms with Crippen molar-refractivity contribution in [1.29, 1.82) is 0 Å². The molecule has 5 heteroatoms. The number of nitrogens with two attached hydrogens (primary N) is 1. The first-order valence-corrected chi connectivity index (χ1v) is 6.11. The fourth-order valence-corrected chi connectivity index (χ4v) is 1.83. The minimum atomic E-state index is -0.543. The molecule has 0 radical (unpaired) electrons. The van der Waals surface area contributed by atoms with Crippen LogP contribution in [0.3, 0.4) is 0 Å². The Kier molecular flexibility index (Phi) is 6.61. The van der Waals surface area contributed by atoms with Crippen LogP contribution < -0.4 is 5.73 Å². The molecule has 0 saturated carbocycles. The second-order valence-corrected chi connectivity index (χ2v) is 5.02. The summed E-state index contributed by atoms with van der Waals surface area (Å²) in [6.07, 6.45) is 0.